The number of rotatable bonds is 5. The quantitative estimate of drug-likeness (QED) is 0.811. The number of pyridine rings is 1. The molecule has 0 bridgehead atoms. The van der Waals surface area contributed by atoms with Crippen LogP contribution in [0.2, 0.25) is 5.02 Å². The molecule has 1 aliphatic carbocycles. The Hall–Kier alpha value is -1.66. The Labute approximate surface area is 156 Å². The predicted molar refractivity (Wildman–Crippen MR) is 97.1 cm³/mol. The molecule has 26 heavy (non-hydrogen) atoms. The normalized spacial score (nSPS) is 18.8. The van der Waals surface area contributed by atoms with Crippen molar-refractivity contribution < 1.29 is 18.7 Å². The first-order chi connectivity index (χ1) is 12.2. The van der Waals surface area contributed by atoms with Gasteiger partial charge in [0.1, 0.15) is 0 Å². The summed E-state index contributed by atoms with van der Waals surface area (Å²) >= 11 is 6.29. The molecule has 1 saturated carbocycles. The third-order valence-electron chi connectivity index (χ3n) is 5.06. The van der Waals surface area contributed by atoms with Crippen LogP contribution in [0.4, 0.5) is 8.78 Å². The molecule has 2 N–H and O–H groups in total. The zero-order chi connectivity index (χ0) is 18.9. The molecule has 1 fully saturated rings. The molecule has 2 aromatic rings. The Morgan fingerprint density at radius 2 is 2.04 bits per heavy atom. The van der Waals surface area contributed by atoms with Gasteiger partial charge in [0.05, 0.1) is 21.7 Å². The van der Waals surface area contributed by atoms with Crippen LogP contribution in [-0.4, -0.2) is 33.5 Å². The molecular weight excluding hydrogens is 362 g/mol. The molecule has 0 unspecified atom stereocenters. The van der Waals surface area contributed by atoms with Crippen LogP contribution >= 0.6 is 11.6 Å². The number of aryl methyl sites for hydroxylation is 1. The minimum absolute atomic E-state index is 0.0291. The number of aliphatic hydroxyl groups is 1. The molecule has 1 aliphatic rings. The topological polar surface area (TPSA) is 53.7 Å². The van der Waals surface area contributed by atoms with Crippen LogP contribution < -0.4 is 5.32 Å². The second kappa shape index (κ2) is 7.16. The standard InChI is InChI=1S/C19H23ClF2N2O2/c1-2-4-13-11-14(16-15(20)5-3-10-24(13)16)17(25)23-12-18(26)6-8-19(21,22)9-7-18/h3,5,10-11,26H,2,4,6-9,12H2,1H3,(H,23,25). The van der Waals surface area contributed by atoms with Crippen LogP contribution in [0.5, 0.6) is 0 Å². The largest absolute Gasteiger partial charge is 0.388 e. The molecule has 0 aromatic carbocycles. The molecule has 1 amide bonds. The van der Waals surface area contributed by atoms with Gasteiger partial charge in [0.2, 0.25) is 5.92 Å². The van der Waals surface area contributed by atoms with Gasteiger partial charge in [-0.1, -0.05) is 24.9 Å². The maximum Gasteiger partial charge on any atom is 0.253 e. The van der Waals surface area contributed by atoms with E-state index < -0.39 is 11.5 Å². The highest BCUT2D eigenvalue weighted by Crippen LogP contribution is 2.38. The number of fused-ring (bicyclic) bond motifs is 1. The number of halogens is 3. The Morgan fingerprint density at radius 1 is 1.35 bits per heavy atom. The maximum absolute atomic E-state index is 13.3. The Bertz CT molecular complexity index is 809. The first-order valence-electron chi connectivity index (χ1n) is 8.91. The fourth-order valence-electron chi connectivity index (χ4n) is 3.50. The van der Waals surface area contributed by atoms with Crippen molar-refractivity contribution in [2.24, 2.45) is 0 Å². The van der Waals surface area contributed by atoms with Crippen molar-refractivity contribution in [2.45, 2.75) is 57.0 Å². The molecule has 7 heteroatoms. The minimum atomic E-state index is -2.72. The maximum atomic E-state index is 13.3. The number of hydrogen-bond donors (Lipinski definition) is 2. The number of aromatic nitrogens is 1. The lowest BCUT2D eigenvalue weighted by atomic mass is 9.82. The van der Waals surface area contributed by atoms with Crippen LogP contribution in [0.25, 0.3) is 5.52 Å². The summed E-state index contributed by atoms with van der Waals surface area (Å²) in [5.74, 6) is -3.08. The van der Waals surface area contributed by atoms with E-state index in [4.69, 9.17) is 11.6 Å². The number of carbonyl (C=O) groups is 1. The monoisotopic (exact) mass is 384 g/mol. The van der Waals surface area contributed by atoms with Gasteiger partial charge in [-0.05, 0) is 37.5 Å². The number of nitrogens with one attached hydrogen (secondary N) is 1. The van der Waals surface area contributed by atoms with Gasteiger partial charge in [0.15, 0.2) is 0 Å². The van der Waals surface area contributed by atoms with Gasteiger partial charge in [-0.3, -0.25) is 4.79 Å². The van der Waals surface area contributed by atoms with Crippen molar-refractivity contribution in [2.75, 3.05) is 6.54 Å². The molecule has 0 aliphatic heterocycles. The van der Waals surface area contributed by atoms with Crippen molar-refractivity contribution in [1.29, 1.82) is 0 Å². The Balaban J connectivity index is 1.78. The van der Waals surface area contributed by atoms with E-state index in [2.05, 4.69) is 12.2 Å². The average Bonchev–Trinajstić information content (AvgIpc) is 2.97. The summed E-state index contributed by atoms with van der Waals surface area (Å²) in [6.45, 7) is 2.00. The summed E-state index contributed by atoms with van der Waals surface area (Å²) in [5.41, 5.74) is 0.746. The molecule has 142 valence electrons. The summed E-state index contributed by atoms with van der Waals surface area (Å²) in [6, 6.07) is 5.35. The molecule has 0 spiro atoms. The average molecular weight is 385 g/mol. The van der Waals surface area contributed by atoms with Crippen LogP contribution in [0.3, 0.4) is 0 Å². The highest BCUT2D eigenvalue weighted by molar-refractivity contribution is 6.34. The smallest absolute Gasteiger partial charge is 0.253 e. The van der Waals surface area contributed by atoms with Gasteiger partial charge in [-0.15, -0.1) is 0 Å². The SMILES string of the molecule is CCCc1cc(C(=O)NCC2(O)CCC(F)(F)CC2)c2c(Cl)cccn12. The van der Waals surface area contributed by atoms with E-state index in [9.17, 15) is 18.7 Å². The summed E-state index contributed by atoms with van der Waals surface area (Å²) in [5, 5.41) is 13.7. The van der Waals surface area contributed by atoms with Gasteiger partial charge in [-0.2, -0.15) is 0 Å². The molecule has 2 heterocycles. The van der Waals surface area contributed by atoms with E-state index in [0.29, 0.717) is 16.1 Å². The number of nitrogens with zero attached hydrogens (tertiary/aromatic N) is 1. The zero-order valence-electron chi connectivity index (χ0n) is 14.7. The lowest BCUT2D eigenvalue weighted by Crippen LogP contribution is -2.47. The van der Waals surface area contributed by atoms with Crippen LogP contribution in [0.15, 0.2) is 24.4 Å². The minimum Gasteiger partial charge on any atom is -0.388 e. The van der Waals surface area contributed by atoms with E-state index in [1.165, 1.54) is 0 Å². The molecule has 0 saturated heterocycles. The van der Waals surface area contributed by atoms with Gasteiger partial charge < -0.3 is 14.8 Å². The zero-order valence-corrected chi connectivity index (χ0v) is 15.5. The van der Waals surface area contributed by atoms with Crippen molar-refractivity contribution >= 4 is 23.0 Å². The van der Waals surface area contributed by atoms with Crippen LogP contribution in [0, 0.1) is 0 Å². The number of amides is 1. The second-order valence-electron chi connectivity index (χ2n) is 7.14. The van der Waals surface area contributed by atoms with Crippen molar-refractivity contribution in [3.63, 3.8) is 0 Å². The highest BCUT2D eigenvalue weighted by atomic mass is 35.5. The second-order valence-corrected chi connectivity index (χ2v) is 7.54. The molecular formula is C19H23ClF2N2O2. The molecule has 4 nitrogen and oxygen atoms in total. The van der Waals surface area contributed by atoms with E-state index in [0.717, 1.165) is 18.5 Å². The van der Waals surface area contributed by atoms with E-state index in [1.807, 2.05) is 16.7 Å². The van der Waals surface area contributed by atoms with Crippen molar-refractivity contribution in [3.05, 3.63) is 40.7 Å². The molecule has 3 rings (SSSR count). The third-order valence-corrected chi connectivity index (χ3v) is 5.37. The number of carbonyl (C=O) groups excluding carboxylic acids is 1. The van der Waals surface area contributed by atoms with Crippen LogP contribution in [-0.2, 0) is 6.42 Å². The molecule has 0 radical (unpaired) electrons. The van der Waals surface area contributed by atoms with Gasteiger partial charge in [0.25, 0.3) is 5.91 Å². The highest BCUT2D eigenvalue weighted by Gasteiger charge is 2.42. The van der Waals surface area contributed by atoms with Crippen molar-refractivity contribution in [3.8, 4) is 0 Å². The first kappa shape index (κ1) is 19.1. The number of hydrogen-bond acceptors (Lipinski definition) is 2. The molecule has 0 atom stereocenters. The van der Waals surface area contributed by atoms with Crippen molar-refractivity contribution in [1.82, 2.24) is 9.72 Å². The Morgan fingerprint density at radius 3 is 2.69 bits per heavy atom. The summed E-state index contributed by atoms with van der Waals surface area (Å²) in [6.07, 6.45) is 2.81. The summed E-state index contributed by atoms with van der Waals surface area (Å²) < 4.78 is 28.5. The van der Waals surface area contributed by atoms with E-state index in [-0.39, 0.29) is 38.1 Å². The lowest BCUT2D eigenvalue weighted by Gasteiger charge is -2.35. The summed E-state index contributed by atoms with van der Waals surface area (Å²) in [7, 11) is 0. The number of alkyl halides is 2. The summed E-state index contributed by atoms with van der Waals surface area (Å²) in [4.78, 5) is 12.7. The fraction of sp³-hybridized carbons (Fsp3) is 0.526. The Kier molecular flexibility index (Phi) is 5.26. The van der Waals surface area contributed by atoms with E-state index >= 15 is 0 Å². The van der Waals surface area contributed by atoms with Gasteiger partial charge in [0, 0.05) is 31.3 Å². The van der Waals surface area contributed by atoms with Gasteiger partial charge >= 0.3 is 0 Å². The first-order valence-corrected chi connectivity index (χ1v) is 9.29. The molecule has 2 aromatic heterocycles. The third kappa shape index (κ3) is 3.86. The van der Waals surface area contributed by atoms with E-state index in [1.54, 1.807) is 12.1 Å². The van der Waals surface area contributed by atoms with Crippen LogP contribution in [0.1, 0.15) is 55.1 Å². The lowest BCUT2D eigenvalue weighted by molar-refractivity contribution is -0.101. The predicted octanol–water partition coefficient (Wildman–Crippen LogP) is 4.22. The van der Waals surface area contributed by atoms with Gasteiger partial charge in [-0.25, -0.2) is 8.78 Å². The fourth-order valence-corrected chi connectivity index (χ4v) is 3.77.